The maximum absolute atomic E-state index is 13.3. The van der Waals surface area contributed by atoms with E-state index in [0.717, 1.165) is 36.0 Å². The van der Waals surface area contributed by atoms with Gasteiger partial charge in [-0.05, 0) is 54.8 Å². The van der Waals surface area contributed by atoms with Gasteiger partial charge in [0.05, 0.1) is 0 Å². The predicted octanol–water partition coefficient (Wildman–Crippen LogP) is 5.47. The van der Waals surface area contributed by atoms with Crippen LogP contribution in [-0.4, -0.2) is 39.0 Å². The lowest BCUT2D eigenvalue weighted by Crippen LogP contribution is -2.45. The number of pyridine rings is 1. The van der Waals surface area contributed by atoms with Gasteiger partial charge >= 0.3 is 0 Å². The average Bonchev–Trinajstić information content (AvgIpc) is 2.85. The summed E-state index contributed by atoms with van der Waals surface area (Å²) in [6.07, 6.45) is 4.93. The fourth-order valence-electron chi connectivity index (χ4n) is 3.95. The maximum atomic E-state index is 13.3. The quantitative estimate of drug-likeness (QED) is 0.363. The lowest BCUT2D eigenvalue weighted by atomic mass is 10.0. The van der Waals surface area contributed by atoms with E-state index in [1.165, 1.54) is 18.6 Å². The van der Waals surface area contributed by atoms with Gasteiger partial charge in [0.15, 0.2) is 5.65 Å². The van der Waals surface area contributed by atoms with Gasteiger partial charge in [0.2, 0.25) is 5.95 Å². The van der Waals surface area contributed by atoms with Crippen LogP contribution in [0.25, 0.3) is 22.2 Å². The lowest BCUT2D eigenvalue weighted by Gasteiger charge is -2.27. The summed E-state index contributed by atoms with van der Waals surface area (Å²) in [5.74, 6) is -0.292. The van der Waals surface area contributed by atoms with Crippen molar-refractivity contribution < 1.29 is 9.18 Å². The van der Waals surface area contributed by atoms with Gasteiger partial charge in [-0.3, -0.25) is 10.2 Å². The normalized spacial score (nSPS) is 14.2. The van der Waals surface area contributed by atoms with Crippen molar-refractivity contribution in [3.8, 4) is 11.1 Å². The molecule has 2 aromatic heterocycles. The third-order valence-corrected chi connectivity index (χ3v) is 6.36. The first-order chi connectivity index (χ1) is 16.6. The first kappa shape index (κ1) is 22.4. The Kier molecular flexibility index (Phi) is 6.46. The number of aromatic nitrogens is 3. The summed E-state index contributed by atoms with van der Waals surface area (Å²) in [4.78, 5) is 26.9. The second-order valence-corrected chi connectivity index (χ2v) is 8.95. The van der Waals surface area contributed by atoms with Crippen molar-refractivity contribution in [2.75, 3.05) is 18.4 Å². The van der Waals surface area contributed by atoms with Gasteiger partial charge < -0.3 is 5.32 Å². The number of piperidine rings is 1. The number of hydrogen-bond acceptors (Lipinski definition) is 6. The molecule has 3 heterocycles. The predicted molar refractivity (Wildman–Crippen MR) is 133 cm³/mol. The van der Waals surface area contributed by atoms with Crippen LogP contribution in [0.3, 0.4) is 0 Å². The number of nitrogens with zero attached hydrogens (tertiary/aromatic N) is 4. The Bertz CT molecular complexity index is 1340. The summed E-state index contributed by atoms with van der Waals surface area (Å²) >= 11 is 3.59. The number of amides is 1. The van der Waals surface area contributed by atoms with Gasteiger partial charge in [-0.1, -0.05) is 40.5 Å². The molecule has 1 amide bonds. The molecule has 1 aliphatic rings. The van der Waals surface area contributed by atoms with Crippen molar-refractivity contribution in [2.45, 2.75) is 19.3 Å². The number of carbonyl (C=O) groups is 1. The molecule has 2 N–H and O–H groups in total. The van der Waals surface area contributed by atoms with E-state index >= 15 is 0 Å². The SMILES string of the molecule is O=C(NN1CCCCC1)c1nc2nc(Nc3ccc(F)cc3)ncc2cc1-c1ccccc1Br. The van der Waals surface area contributed by atoms with Crippen LogP contribution in [0.2, 0.25) is 0 Å². The van der Waals surface area contributed by atoms with Gasteiger partial charge in [-0.25, -0.2) is 19.4 Å². The van der Waals surface area contributed by atoms with E-state index in [2.05, 4.69) is 41.6 Å². The van der Waals surface area contributed by atoms with E-state index in [9.17, 15) is 9.18 Å². The molecular weight excluding hydrogens is 499 g/mol. The molecule has 0 spiro atoms. The number of hydrazine groups is 1. The van der Waals surface area contributed by atoms with Crippen LogP contribution in [0.15, 0.2) is 65.3 Å². The molecule has 0 saturated carbocycles. The number of benzene rings is 2. The van der Waals surface area contributed by atoms with E-state index in [1.807, 2.05) is 35.3 Å². The Morgan fingerprint density at radius 3 is 2.50 bits per heavy atom. The molecule has 172 valence electrons. The second-order valence-electron chi connectivity index (χ2n) is 8.09. The molecule has 1 saturated heterocycles. The first-order valence-corrected chi connectivity index (χ1v) is 11.9. The Morgan fingerprint density at radius 2 is 1.74 bits per heavy atom. The minimum atomic E-state index is -0.324. The van der Waals surface area contributed by atoms with E-state index in [4.69, 9.17) is 0 Å². The molecule has 9 heteroatoms. The summed E-state index contributed by atoms with van der Waals surface area (Å²) < 4.78 is 14.1. The van der Waals surface area contributed by atoms with Crippen molar-refractivity contribution in [3.05, 3.63) is 76.8 Å². The highest BCUT2D eigenvalue weighted by Gasteiger charge is 2.21. The number of anilines is 2. The van der Waals surface area contributed by atoms with Crippen molar-refractivity contribution in [3.63, 3.8) is 0 Å². The zero-order chi connectivity index (χ0) is 23.5. The minimum absolute atomic E-state index is 0.277. The fraction of sp³-hybridized carbons (Fsp3) is 0.200. The number of halogens is 2. The highest BCUT2D eigenvalue weighted by molar-refractivity contribution is 9.10. The second kappa shape index (κ2) is 9.82. The third kappa shape index (κ3) is 4.90. The molecule has 2 aromatic carbocycles. The molecule has 34 heavy (non-hydrogen) atoms. The van der Waals surface area contributed by atoms with E-state index < -0.39 is 0 Å². The molecule has 5 rings (SSSR count). The van der Waals surface area contributed by atoms with Crippen LogP contribution < -0.4 is 10.7 Å². The van der Waals surface area contributed by atoms with Gasteiger partial charge in [0, 0.05) is 40.4 Å². The molecule has 1 fully saturated rings. The topological polar surface area (TPSA) is 83.0 Å². The number of hydrogen-bond donors (Lipinski definition) is 2. The monoisotopic (exact) mass is 520 g/mol. The summed E-state index contributed by atoms with van der Waals surface area (Å²) in [7, 11) is 0. The summed E-state index contributed by atoms with van der Waals surface area (Å²) in [5.41, 5.74) is 5.88. The number of carbonyl (C=O) groups excluding carboxylic acids is 1. The Labute approximate surface area is 204 Å². The van der Waals surface area contributed by atoms with Crippen LogP contribution in [0.5, 0.6) is 0 Å². The summed E-state index contributed by atoms with van der Waals surface area (Å²) in [6.45, 7) is 1.63. The maximum Gasteiger partial charge on any atom is 0.284 e. The molecule has 7 nitrogen and oxygen atoms in total. The summed E-state index contributed by atoms with van der Waals surface area (Å²) in [5, 5.41) is 5.69. The standard InChI is InChI=1S/C25H22BrFN6O/c26-21-7-3-2-6-19(21)20-14-16-15-28-25(29-18-10-8-17(27)9-11-18)31-23(16)30-22(20)24(34)32-33-12-4-1-5-13-33/h2-3,6-11,14-15H,1,4-5,12-13H2,(H,32,34)(H,28,29,30,31). The Hall–Kier alpha value is -3.43. The molecule has 4 aromatic rings. The number of nitrogens with one attached hydrogen (secondary N) is 2. The smallest absolute Gasteiger partial charge is 0.284 e. The number of rotatable bonds is 5. The molecule has 0 aliphatic carbocycles. The van der Waals surface area contributed by atoms with Crippen LogP contribution >= 0.6 is 15.9 Å². The fourth-order valence-corrected chi connectivity index (χ4v) is 4.44. The molecule has 0 unspecified atom stereocenters. The number of fused-ring (bicyclic) bond motifs is 1. The molecule has 0 radical (unpaired) electrons. The molecule has 1 aliphatic heterocycles. The van der Waals surface area contributed by atoms with E-state index in [1.54, 1.807) is 18.3 Å². The van der Waals surface area contributed by atoms with Crippen molar-refractivity contribution in [2.24, 2.45) is 0 Å². The van der Waals surface area contributed by atoms with Crippen LogP contribution in [-0.2, 0) is 0 Å². The first-order valence-electron chi connectivity index (χ1n) is 11.1. The van der Waals surface area contributed by atoms with Crippen LogP contribution in [0, 0.1) is 5.82 Å². The third-order valence-electron chi connectivity index (χ3n) is 5.66. The molecule has 0 atom stereocenters. The van der Waals surface area contributed by atoms with Gasteiger partial charge in [0.1, 0.15) is 11.5 Å². The molecular formula is C25H22BrFN6O. The van der Waals surface area contributed by atoms with Crippen LogP contribution in [0.4, 0.5) is 16.0 Å². The summed E-state index contributed by atoms with van der Waals surface area (Å²) in [6, 6.07) is 15.5. The van der Waals surface area contributed by atoms with Gasteiger partial charge in [-0.2, -0.15) is 4.98 Å². The van der Waals surface area contributed by atoms with Crippen LogP contribution in [0.1, 0.15) is 29.8 Å². The van der Waals surface area contributed by atoms with E-state index in [-0.39, 0.29) is 17.4 Å². The Balaban J connectivity index is 1.55. The lowest BCUT2D eigenvalue weighted by molar-refractivity contribution is 0.0746. The van der Waals surface area contributed by atoms with E-state index in [0.29, 0.717) is 28.2 Å². The minimum Gasteiger partial charge on any atom is -0.324 e. The van der Waals surface area contributed by atoms with Crippen molar-refractivity contribution in [1.82, 2.24) is 25.4 Å². The highest BCUT2D eigenvalue weighted by atomic mass is 79.9. The Morgan fingerprint density at radius 1 is 0.971 bits per heavy atom. The highest BCUT2D eigenvalue weighted by Crippen LogP contribution is 2.32. The molecule has 0 bridgehead atoms. The van der Waals surface area contributed by atoms with Crippen molar-refractivity contribution in [1.29, 1.82) is 0 Å². The largest absolute Gasteiger partial charge is 0.324 e. The van der Waals surface area contributed by atoms with Gasteiger partial charge in [0.25, 0.3) is 5.91 Å². The zero-order valence-electron chi connectivity index (χ0n) is 18.3. The van der Waals surface area contributed by atoms with Gasteiger partial charge in [-0.15, -0.1) is 0 Å². The average molecular weight is 521 g/mol. The van der Waals surface area contributed by atoms with Crippen molar-refractivity contribution >= 4 is 44.5 Å². The zero-order valence-corrected chi connectivity index (χ0v) is 19.8.